The Morgan fingerprint density at radius 3 is 2.70 bits per heavy atom. The Balaban J connectivity index is 2.64. The molecule has 0 radical (unpaired) electrons. The van der Waals surface area contributed by atoms with E-state index in [1.165, 1.54) is 0 Å². The molecule has 0 bridgehead atoms. The Bertz CT molecular complexity index is 494. The second kappa shape index (κ2) is 7.63. The molecule has 0 aliphatic rings. The summed E-state index contributed by atoms with van der Waals surface area (Å²) in [6, 6.07) is 8.62. The zero-order chi connectivity index (χ0) is 15.1. The summed E-state index contributed by atoms with van der Waals surface area (Å²) in [7, 11) is 1.84. The van der Waals surface area contributed by atoms with Crippen molar-refractivity contribution in [2.45, 2.75) is 32.4 Å². The summed E-state index contributed by atoms with van der Waals surface area (Å²) in [6.45, 7) is 4.15. The second-order valence-electron chi connectivity index (χ2n) is 4.94. The molecule has 1 aromatic carbocycles. The topological polar surface area (TPSA) is 76.4 Å². The number of carbonyl (C=O) groups is 1. The fraction of sp³-hybridized carbons (Fsp3) is 0.467. The van der Waals surface area contributed by atoms with Crippen LogP contribution in [0.15, 0.2) is 24.3 Å². The minimum absolute atomic E-state index is 0.166. The maximum Gasteiger partial charge on any atom is 0.241 e. The molecule has 0 saturated heterocycles. The van der Waals surface area contributed by atoms with Crippen LogP contribution < -0.4 is 5.32 Å². The first kappa shape index (κ1) is 16.2. The summed E-state index contributed by atoms with van der Waals surface area (Å²) in [5.41, 5.74) is 0.968. The van der Waals surface area contributed by atoms with Gasteiger partial charge in [-0.05, 0) is 39.4 Å². The van der Waals surface area contributed by atoms with Gasteiger partial charge in [-0.2, -0.15) is 5.26 Å². The van der Waals surface area contributed by atoms with Crippen molar-refractivity contribution in [1.82, 2.24) is 4.90 Å². The van der Waals surface area contributed by atoms with Crippen LogP contribution in [0.1, 0.15) is 25.8 Å². The van der Waals surface area contributed by atoms with E-state index in [0.29, 0.717) is 24.2 Å². The lowest BCUT2D eigenvalue weighted by molar-refractivity contribution is -0.120. The highest BCUT2D eigenvalue weighted by Gasteiger charge is 2.19. The van der Waals surface area contributed by atoms with Crippen molar-refractivity contribution in [3.05, 3.63) is 29.8 Å². The highest BCUT2D eigenvalue weighted by atomic mass is 16.3. The van der Waals surface area contributed by atoms with Crippen LogP contribution in [0.2, 0.25) is 0 Å². The van der Waals surface area contributed by atoms with Crippen LogP contribution in [0.4, 0.5) is 5.69 Å². The molecule has 2 atom stereocenters. The number of hydrogen-bond acceptors (Lipinski definition) is 4. The number of hydrogen-bond donors (Lipinski definition) is 2. The third-order valence-electron chi connectivity index (χ3n) is 3.25. The summed E-state index contributed by atoms with van der Waals surface area (Å²) in [4.78, 5) is 14.0. The third-order valence-corrected chi connectivity index (χ3v) is 3.25. The van der Waals surface area contributed by atoms with E-state index in [4.69, 9.17) is 5.26 Å². The number of nitrogens with zero attached hydrogens (tertiary/aromatic N) is 2. The number of likely N-dealkylation sites (N-methyl/N-ethyl adjacent to an activating group) is 1. The number of aliphatic hydroxyl groups excluding tert-OH is 1. The Hall–Kier alpha value is -1.90. The van der Waals surface area contributed by atoms with Crippen LogP contribution in [0.3, 0.4) is 0 Å². The van der Waals surface area contributed by atoms with Gasteiger partial charge in [0.15, 0.2) is 0 Å². The first-order valence-corrected chi connectivity index (χ1v) is 6.64. The minimum Gasteiger partial charge on any atom is -0.393 e. The number of rotatable bonds is 6. The molecule has 1 aromatic rings. The van der Waals surface area contributed by atoms with Crippen LogP contribution in [-0.2, 0) is 4.79 Å². The van der Waals surface area contributed by atoms with Crippen LogP contribution in [-0.4, -0.2) is 41.7 Å². The second-order valence-corrected chi connectivity index (χ2v) is 4.94. The number of aliphatic hydroxyl groups is 1. The predicted molar refractivity (Wildman–Crippen MR) is 78.2 cm³/mol. The molecule has 5 heteroatoms. The normalized spacial score (nSPS) is 13.6. The van der Waals surface area contributed by atoms with Gasteiger partial charge in [0, 0.05) is 6.54 Å². The minimum atomic E-state index is -0.382. The molecule has 1 rings (SSSR count). The van der Waals surface area contributed by atoms with Crippen molar-refractivity contribution in [3.8, 4) is 6.07 Å². The van der Waals surface area contributed by atoms with Gasteiger partial charge >= 0.3 is 0 Å². The summed E-state index contributed by atoms with van der Waals surface area (Å²) < 4.78 is 0. The fourth-order valence-electron chi connectivity index (χ4n) is 1.71. The van der Waals surface area contributed by atoms with Gasteiger partial charge in [0.1, 0.15) is 6.07 Å². The Morgan fingerprint density at radius 2 is 2.10 bits per heavy atom. The highest BCUT2D eigenvalue weighted by Crippen LogP contribution is 2.14. The first-order valence-electron chi connectivity index (χ1n) is 6.64. The molecule has 2 N–H and O–H groups in total. The van der Waals surface area contributed by atoms with E-state index in [1.54, 1.807) is 38.1 Å². The number of benzene rings is 1. The molecular weight excluding hydrogens is 254 g/mol. The molecule has 0 spiro atoms. The number of amides is 1. The fourth-order valence-corrected chi connectivity index (χ4v) is 1.71. The van der Waals surface area contributed by atoms with Crippen molar-refractivity contribution in [3.63, 3.8) is 0 Å². The van der Waals surface area contributed by atoms with Crippen LogP contribution >= 0.6 is 0 Å². The zero-order valence-corrected chi connectivity index (χ0v) is 12.1. The molecule has 2 unspecified atom stereocenters. The summed E-state index contributed by atoms with van der Waals surface area (Å²) >= 11 is 0. The van der Waals surface area contributed by atoms with E-state index in [1.807, 2.05) is 18.0 Å². The van der Waals surface area contributed by atoms with Gasteiger partial charge in [0.05, 0.1) is 23.4 Å². The summed E-state index contributed by atoms with van der Waals surface area (Å²) in [6.07, 6.45) is 0.232. The average Bonchev–Trinajstić information content (AvgIpc) is 2.44. The molecule has 0 aliphatic carbocycles. The smallest absolute Gasteiger partial charge is 0.241 e. The summed E-state index contributed by atoms with van der Waals surface area (Å²) in [5.74, 6) is -0.166. The van der Waals surface area contributed by atoms with Gasteiger partial charge in [-0.1, -0.05) is 12.1 Å². The SMILES string of the molecule is CC(O)CCN(C)C(C)C(=O)Nc1ccccc1C#N. The predicted octanol–water partition coefficient (Wildman–Crippen LogP) is 1.59. The molecule has 5 nitrogen and oxygen atoms in total. The molecule has 0 fully saturated rings. The largest absolute Gasteiger partial charge is 0.393 e. The number of anilines is 1. The van der Waals surface area contributed by atoms with Gasteiger partial charge in [-0.15, -0.1) is 0 Å². The Labute approximate surface area is 119 Å². The summed E-state index contributed by atoms with van der Waals surface area (Å²) in [5, 5.41) is 21.0. The van der Waals surface area contributed by atoms with E-state index < -0.39 is 0 Å². The average molecular weight is 275 g/mol. The van der Waals surface area contributed by atoms with Crippen molar-refractivity contribution in [1.29, 1.82) is 5.26 Å². The maximum atomic E-state index is 12.1. The molecule has 0 aromatic heterocycles. The lowest BCUT2D eigenvalue weighted by atomic mass is 10.1. The monoisotopic (exact) mass is 275 g/mol. The quantitative estimate of drug-likeness (QED) is 0.826. The van der Waals surface area contributed by atoms with Crippen molar-refractivity contribution in [2.24, 2.45) is 0 Å². The number of para-hydroxylation sites is 1. The molecule has 108 valence electrons. The van der Waals surface area contributed by atoms with E-state index in [0.717, 1.165) is 0 Å². The Morgan fingerprint density at radius 1 is 1.45 bits per heavy atom. The molecule has 0 saturated carbocycles. The van der Waals surface area contributed by atoms with Crippen LogP contribution in [0, 0.1) is 11.3 Å². The van der Waals surface area contributed by atoms with Gasteiger partial charge in [0.25, 0.3) is 0 Å². The molecule has 0 aliphatic heterocycles. The number of nitrogens with one attached hydrogen (secondary N) is 1. The van der Waals surface area contributed by atoms with E-state index in [-0.39, 0.29) is 18.1 Å². The van der Waals surface area contributed by atoms with E-state index >= 15 is 0 Å². The lowest BCUT2D eigenvalue weighted by Gasteiger charge is -2.24. The van der Waals surface area contributed by atoms with Gasteiger partial charge in [-0.3, -0.25) is 9.69 Å². The van der Waals surface area contributed by atoms with Crippen molar-refractivity contribution < 1.29 is 9.90 Å². The van der Waals surface area contributed by atoms with Gasteiger partial charge < -0.3 is 10.4 Å². The first-order chi connectivity index (χ1) is 9.45. The molecule has 0 heterocycles. The zero-order valence-electron chi connectivity index (χ0n) is 12.1. The van der Waals surface area contributed by atoms with E-state index in [2.05, 4.69) is 5.32 Å². The van der Waals surface area contributed by atoms with Crippen LogP contribution in [0.25, 0.3) is 0 Å². The number of nitriles is 1. The Kier molecular flexibility index (Phi) is 6.16. The number of carbonyl (C=O) groups excluding carboxylic acids is 1. The standard InChI is InChI=1S/C15H21N3O2/c1-11(19)8-9-18(3)12(2)15(20)17-14-7-5-4-6-13(14)10-16/h4-7,11-12,19H,8-9H2,1-3H3,(H,17,20). The van der Waals surface area contributed by atoms with Crippen LogP contribution in [0.5, 0.6) is 0 Å². The highest BCUT2D eigenvalue weighted by molar-refractivity contribution is 5.95. The third kappa shape index (κ3) is 4.65. The lowest BCUT2D eigenvalue weighted by Crippen LogP contribution is -2.40. The van der Waals surface area contributed by atoms with Crippen molar-refractivity contribution >= 4 is 11.6 Å². The molecule has 1 amide bonds. The molecule has 20 heavy (non-hydrogen) atoms. The van der Waals surface area contributed by atoms with Gasteiger partial charge in [-0.25, -0.2) is 0 Å². The maximum absolute atomic E-state index is 12.1. The molecular formula is C15H21N3O2. The van der Waals surface area contributed by atoms with E-state index in [9.17, 15) is 9.90 Å². The van der Waals surface area contributed by atoms with Gasteiger partial charge in [0.2, 0.25) is 5.91 Å². The van der Waals surface area contributed by atoms with Crippen molar-refractivity contribution in [2.75, 3.05) is 18.9 Å².